The third-order valence-corrected chi connectivity index (χ3v) is 3.94. The highest BCUT2D eigenvalue weighted by Gasteiger charge is 2.19. The predicted molar refractivity (Wildman–Crippen MR) is 90.8 cm³/mol. The molecule has 2 rings (SSSR count). The Labute approximate surface area is 139 Å². The maximum atomic E-state index is 12.2. The number of anilines is 1. The number of nitriles is 1. The van der Waals surface area contributed by atoms with Gasteiger partial charge in [-0.15, -0.1) is 0 Å². The zero-order valence-electron chi connectivity index (χ0n) is 13.7. The number of aliphatic hydroxyl groups excluding tert-OH is 1. The van der Waals surface area contributed by atoms with Crippen molar-refractivity contribution in [2.24, 2.45) is 14.1 Å². The van der Waals surface area contributed by atoms with E-state index in [0.717, 1.165) is 10.1 Å². The van der Waals surface area contributed by atoms with E-state index < -0.39 is 11.2 Å². The minimum absolute atomic E-state index is 0.0333. The van der Waals surface area contributed by atoms with Crippen molar-refractivity contribution < 1.29 is 5.11 Å². The van der Waals surface area contributed by atoms with E-state index in [1.54, 1.807) is 0 Å². The summed E-state index contributed by atoms with van der Waals surface area (Å²) in [5.74, 6) is 0.192. The Kier molecular flexibility index (Phi) is 5.55. The molecule has 0 aliphatic rings. The molecule has 1 aromatic carbocycles. The van der Waals surface area contributed by atoms with Crippen LogP contribution in [0.15, 0.2) is 39.9 Å². The fourth-order valence-corrected chi connectivity index (χ4v) is 2.58. The molecule has 0 amide bonds. The first kappa shape index (κ1) is 17.5. The van der Waals surface area contributed by atoms with Gasteiger partial charge in [0, 0.05) is 20.7 Å². The normalized spacial score (nSPS) is 11.8. The van der Waals surface area contributed by atoms with E-state index in [-0.39, 0.29) is 24.0 Å². The Morgan fingerprint density at radius 1 is 1.21 bits per heavy atom. The summed E-state index contributed by atoms with van der Waals surface area (Å²) in [6, 6.07) is 11.1. The van der Waals surface area contributed by atoms with Crippen LogP contribution in [0.2, 0.25) is 0 Å². The molecule has 7 nitrogen and oxygen atoms in total. The van der Waals surface area contributed by atoms with Crippen LogP contribution in [-0.4, -0.2) is 20.8 Å². The van der Waals surface area contributed by atoms with Crippen LogP contribution in [-0.2, 0) is 14.1 Å². The summed E-state index contributed by atoms with van der Waals surface area (Å²) in [6.45, 7) is 0.0333. The van der Waals surface area contributed by atoms with Gasteiger partial charge in [0.15, 0.2) is 5.56 Å². The second kappa shape index (κ2) is 7.62. The van der Waals surface area contributed by atoms with E-state index in [9.17, 15) is 14.9 Å². The molecule has 2 N–H and O–H groups in total. The Balaban J connectivity index is 2.52. The lowest BCUT2D eigenvalue weighted by molar-refractivity contribution is 0.281. The van der Waals surface area contributed by atoms with Crippen LogP contribution in [0, 0.1) is 11.3 Å². The molecule has 1 unspecified atom stereocenters. The van der Waals surface area contributed by atoms with Crippen LogP contribution in [0.5, 0.6) is 0 Å². The first-order valence-electron chi connectivity index (χ1n) is 7.63. The summed E-state index contributed by atoms with van der Waals surface area (Å²) >= 11 is 0. The van der Waals surface area contributed by atoms with E-state index in [4.69, 9.17) is 5.11 Å². The largest absolute Gasteiger partial charge is 0.396 e. The van der Waals surface area contributed by atoms with E-state index in [1.165, 1.54) is 18.7 Å². The van der Waals surface area contributed by atoms with Crippen molar-refractivity contribution in [2.75, 3.05) is 11.9 Å². The van der Waals surface area contributed by atoms with Crippen molar-refractivity contribution in [3.63, 3.8) is 0 Å². The molecule has 0 aliphatic heterocycles. The average molecular weight is 328 g/mol. The van der Waals surface area contributed by atoms with Crippen LogP contribution in [0.3, 0.4) is 0 Å². The minimum atomic E-state index is -0.628. The number of rotatable bonds is 6. The minimum Gasteiger partial charge on any atom is -0.396 e. The summed E-state index contributed by atoms with van der Waals surface area (Å²) < 4.78 is 2.17. The Bertz CT molecular complexity index is 862. The molecule has 1 heterocycles. The molecule has 0 saturated heterocycles. The quantitative estimate of drug-likeness (QED) is 0.820. The summed E-state index contributed by atoms with van der Waals surface area (Å²) in [5, 5.41) is 21.6. The second-order valence-electron chi connectivity index (χ2n) is 5.51. The summed E-state index contributed by atoms with van der Waals surface area (Å²) in [4.78, 5) is 24.3. The Morgan fingerprint density at radius 2 is 1.88 bits per heavy atom. The van der Waals surface area contributed by atoms with E-state index >= 15 is 0 Å². The van der Waals surface area contributed by atoms with Gasteiger partial charge >= 0.3 is 5.69 Å². The van der Waals surface area contributed by atoms with Crippen molar-refractivity contribution in [1.82, 2.24) is 9.13 Å². The van der Waals surface area contributed by atoms with Crippen molar-refractivity contribution >= 4 is 5.82 Å². The summed E-state index contributed by atoms with van der Waals surface area (Å²) in [6.07, 6.45) is 1.14. The number of aliphatic hydroxyl groups is 1. The number of hydrogen-bond acceptors (Lipinski definition) is 5. The van der Waals surface area contributed by atoms with Crippen molar-refractivity contribution in [2.45, 2.75) is 18.9 Å². The molecule has 0 radical (unpaired) electrons. The van der Waals surface area contributed by atoms with E-state index in [2.05, 4.69) is 5.32 Å². The van der Waals surface area contributed by atoms with Gasteiger partial charge in [0.05, 0.1) is 6.04 Å². The van der Waals surface area contributed by atoms with Gasteiger partial charge < -0.3 is 10.4 Å². The lowest BCUT2D eigenvalue weighted by atomic mass is 10.0. The highest BCUT2D eigenvalue weighted by Crippen LogP contribution is 2.24. The molecular formula is C17H20N4O3. The number of nitrogens with zero attached hydrogens (tertiary/aromatic N) is 3. The van der Waals surface area contributed by atoms with Gasteiger partial charge in [-0.2, -0.15) is 5.26 Å². The van der Waals surface area contributed by atoms with Crippen LogP contribution < -0.4 is 16.6 Å². The van der Waals surface area contributed by atoms with Crippen LogP contribution in [0.25, 0.3) is 0 Å². The van der Waals surface area contributed by atoms with Crippen LogP contribution in [0.1, 0.15) is 30.0 Å². The third kappa shape index (κ3) is 3.39. The van der Waals surface area contributed by atoms with Gasteiger partial charge in [0.1, 0.15) is 11.9 Å². The molecule has 0 bridgehead atoms. The number of nitrogens with one attached hydrogen (secondary N) is 1. The summed E-state index contributed by atoms with van der Waals surface area (Å²) in [5.41, 5.74) is -0.292. The number of benzene rings is 1. The molecule has 1 aromatic heterocycles. The highest BCUT2D eigenvalue weighted by molar-refractivity contribution is 5.52. The lowest BCUT2D eigenvalue weighted by Crippen LogP contribution is -2.40. The molecule has 126 valence electrons. The average Bonchev–Trinajstić information content (AvgIpc) is 2.61. The number of hydrogen-bond donors (Lipinski definition) is 2. The predicted octanol–water partition coefficient (Wildman–Crippen LogP) is 0.881. The van der Waals surface area contributed by atoms with Crippen LogP contribution in [0.4, 0.5) is 5.82 Å². The molecule has 24 heavy (non-hydrogen) atoms. The Hall–Kier alpha value is -2.85. The fourth-order valence-electron chi connectivity index (χ4n) is 2.58. The maximum Gasteiger partial charge on any atom is 0.332 e. The number of aromatic nitrogens is 2. The molecule has 0 aliphatic carbocycles. The van der Waals surface area contributed by atoms with E-state index in [1.807, 2.05) is 36.4 Å². The smallest absolute Gasteiger partial charge is 0.332 e. The van der Waals surface area contributed by atoms with Gasteiger partial charge in [0.2, 0.25) is 0 Å². The molecule has 2 aromatic rings. The van der Waals surface area contributed by atoms with E-state index in [0.29, 0.717) is 12.8 Å². The molecule has 0 saturated carbocycles. The molecule has 7 heteroatoms. The first-order chi connectivity index (χ1) is 11.5. The zero-order valence-corrected chi connectivity index (χ0v) is 13.7. The molecule has 0 spiro atoms. The lowest BCUT2D eigenvalue weighted by Gasteiger charge is -2.22. The Morgan fingerprint density at radius 3 is 2.46 bits per heavy atom. The highest BCUT2D eigenvalue weighted by atomic mass is 16.3. The molecule has 0 fully saturated rings. The SMILES string of the molecule is Cn1c(NC(CCCO)c2ccccc2)c(C#N)c(=O)n(C)c1=O. The summed E-state index contributed by atoms with van der Waals surface area (Å²) in [7, 11) is 2.86. The van der Waals surface area contributed by atoms with Gasteiger partial charge in [0.25, 0.3) is 5.56 Å². The fraction of sp³-hybridized carbons (Fsp3) is 0.353. The topological polar surface area (TPSA) is 100 Å². The van der Waals surface area contributed by atoms with Gasteiger partial charge in [-0.25, -0.2) is 4.79 Å². The van der Waals surface area contributed by atoms with Gasteiger partial charge in [-0.3, -0.25) is 13.9 Å². The van der Waals surface area contributed by atoms with Gasteiger partial charge in [-0.05, 0) is 18.4 Å². The van der Waals surface area contributed by atoms with Crippen molar-refractivity contribution in [1.29, 1.82) is 5.26 Å². The zero-order chi connectivity index (χ0) is 17.7. The van der Waals surface area contributed by atoms with Crippen molar-refractivity contribution in [3.8, 4) is 6.07 Å². The maximum absolute atomic E-state index is 12.2. The second-order valence-corrected chi connectivity index (χ2v) is 5.51. The third-order valence-electron chi connectivity index (χ3n) is 3.94. The molecular weight excluding hydrogens is 308 g/mol. The molecule has 1 atom stereocenters. The van der Waals surface area contributed by atoms with Gasteiger partial charge in [-0.1, -0.05) is 30.3 Å². The first-order valence-corrected chi connectivity index (χ1v) is 7.63. The van der Waals surface area contributed by atoms with Crippen LogP contribution >= 0.6 is 0 Å². The standard InChI is InChI=1S/C17H20N4O3/c1-20-15(13(11-18)16(23)21(2)17(20)24)19-14(9-6-10-22)12-7-4-3-5-8-12/h3-5,7-8,14,19,22H,6,9-10H2,1-2H3. The monoisotopic (exact) mass is 328 g/mol. The van der Waals surface area contributed by atoms with Crippen molar-refractivity contribution in [3.05, 3.63) is 62.3 Å².